The molecule has 1 aliphatic heterocycles. The van der Waals surface area contributed by atoms with Gasteiger partial charge in [-0.1, -0.05) is 6.07 Å². The van der Waals surface area contributed by atoms with Gasteiger partial charge in [-0.05, 0) is 31.0 Å². The molecule has 1 aliphatic rings. The number of rotatable bonds is 3. The van der Waals surface area contributed by atoms with Crippen molar-refractivity contribution < 1.29 is 4.74 Å². The van der Waals surface area contributed by atoms with E-state index < -0.39 is 0 Å². The fourth-order valence-electron chi connectivity index (χ4n) is 2.27. The number of hydrogen-bond acceptors (Lipinski definition) is 3. The van der Waals surface area contributed by atoms with Crippen molar-refractivity contribution in [2.75, 3.05) is 33.3 Å². The van der Waals surface area contributed by atoms with Crippen LogP contribution >= 0.6 is 0 Å². The molecule has 0 aromatic heterocycles. The van der Waals surface area contributed by atoms with E-state index in [1.54, 1.807) is 7.11 Å². The minimum absolute atomic E-state index is 0.992. The average molecular weight is 234 g/mol. The molecule has 0 unspecified atom stereocenters. The Labute approximate surface area is 104 Å². The third kappa shape index (κ3) is 2.99. The molecule has 2 rings (SSSR count). The second-order valence-electron chi connectivity index (χ2n) is 4.77. The minimum atomic E-state index is 0.992. The first-order chi connectivity index (χ1) is 8.20. The van der Waals surface area contributed by atoms with Gasteiger partial charge in [0.05, 0.1) is 7.11 Å². The molecule has 0 aliphatic carbocycles. The normalized spacial score (nSPS) is 17.1. The summed E-state index contributed by atoms with van der Waals surface area (Å²) in [6, 6.07) is 4.41. The lowest BCUT2D eigenvalue weighted by Crippen LogP contribution is -2.42. The van der Waals surface area contributed by atoms with Crippen molar-refractivity contribution in [3.05, 3.63) is 28.8 Å². The van der Waals surface area contributed by atoms with E-state index in [-0.39, 0.29) is 0 Å². The highest BCUT2D eigenvalue weighted by Gasteiger charge is 2.13. The maximum Gasteiger partial charge on any atom is 0.123 e. The van der Waals surface area contributed by atoms with Gasteiger partial charge < -0.3 is 10.1 Å². The molecule has 0 radical (unpaired) electrons. The van der Waals surface area contributed by atoms with E-state index in [1.807, 2.05) is 0 Å². The van der Waals surface area contributed by atoms with E-state index in [1.165, 1.54) is 16.7 Å². The molecule has 94 valence electrons. The fraction of sp³-hybridized carbons (Fsp3) is 0.571. The molecule has 3 nitrogen and oxygen atoms in total. The molecule has 3 heteroatoms. The summed E-state index contributed by atoms with van der Waals surface area (Å²) in [5, 5.41) is 3.38. The summed E-state index contributed by atoms with van der Waals surface area (Å²) in [5.74, 6) is 1.02. The van der Waals surface area contributed by atoms with Crippen molar-refractivity contribution in [2.24, 2.45) is 0 Å². The number of ether oxygens (including phenoxy) is 1. The molecule has 1 saturated heterocycles. The summed E-state index contributed by atoms with van der Waals surface area (Å²) in [5.41, 5.74) is 3.94. The van der Waals surface area contributed by atoms with Crippen LogP contribution in [0.3, 0.4) is 0 Å². The van der Waals surface area contributed by atoms with Crippen LogP contribution in [0.15, 0.2) is 12.1 Å². The number of aryl methyl sites for hydroxylation is 2. The second-order valence-corrected chi connectivity index (χ2v) is 4.77. The monoisotopic (exact) mass is 234 g/mol. The predicted molar refractivity (Wildman–Crippen MR) is 70.6 cm³/mol. The first kappa shape index (κ1) is 12.4. The van der Waals surface area contributed by atoms with Crippen LogP contribution in [0, 0.1) is 13.8 Å². The molecule has 1 heterocycles. The maximum absolute atomic E-state index is 5.48. The van der Waals surface area contributed by atoms with Gasteiger partial charge >= 0.3 is 0 Å². The topological polar surface area (TPSA) is 24.5 Å². The standard InChI is InChI=1S/C14H22N2O/c1-11-8-13(14(17-3)9-12(11)2)10-16-6-4-15-5-7-16/h8-9,15H,4-7,10H2,1-3H3. The number of piperazine rings is 1. The molecule has 0 amide bonds. The van der Waals surface area contributed by atoms with Crippen LogP contribution in [0.4, 0.5) is 0 Å². The van der Waals surface area contributed by atoms with Gasteiger partial charge in [0.1, 0.15) is 5.75 Å². The summed E-state index contributed by atoms with van der Waals surface area (Å²) < 4.78 is 5.48. The van der Waals surface area contributed by atoms with Gasteiger partial charge in [-0.25, -0.2) is 0 Å². The van der Waals surface area contributed by atoms with E-state index in [9.17, 15) is 0 Å². The van der Waals surface area contributed by atoms with Crippen molar-refractivity contribution >= 4 is 0 Å². The van der Waals surface area contributed by atoms with E-state index in [0.29, 0.717) is 0 Å². The molecule has 1 aromatic rings. The van der Waals surface area contributed by atoms with Gasteiger partial charge in [0.15, 0.2) is 0 Å². The molecular formula is C14H22N2O. The van der Waals surface area contributed by atoms with Crippen LogP contribution in [-0.4, -0.2) is 38.2 Å². The predicted octanol–water partition coefficient (Wildman–Crippen LogP) is 1.72. The Morgan fingerprint density at radius 2 is 1.82 bits per heavy atom. The SMILES string of the molecule is COc1cc(C)c(C)cc1CN1CCNCC1. The molecule has 0 atom stereocenters. The number of hydrogen-bond donors (Lipinski definition) is 1. The Morgan fingerprint density at radius 1 is 1.18 bits per heavy atom. The van der Waals surface area contributed by atoms with Crippen molar-refractivity contribution in [3.63, 3.8) is 0 Å². The first-order valence-corrected chi connectivity index (χ1v) is 6.28. The number of methoxy groups -OCH3 is 1. The van der Waals surface area contributed by atoms with E-state index in [0.717, 1.165) is 38.5 Å². The van der Waals surface area contributed by atoms with Gasteiger partial charge in [-0.15, -0.1) is 0 Å². The van der Waals surface area contributed by atoms with E-state index in [2.05, 4.69) is 36.2 Å². The van der Waals surface area contributed by atoms with Crippen LogP contribution in [0.5, 0.6) is 5.75 Å². The van der Waals surface area contributed by atoms with Gasteiger partial charge in [-0.2, -0.15) is 0 Å². The summed E-state index contributed by atoms with van der Waals surface area (Å²) >= 11 is 0. The lowest BCUT2D eigenvalue weighted by molar-refractivity contribution is 0.230. The van der Waals surface area contributed by atoms with Crippen molar-refractivity contribution in [2.45, 2.75) is 20.4 Å². The van der Waals surface area contributed by atoms with Gasteiger partial charge in [-0.3, -0.25) is 4.90 Å². The largest absolute Gasteiger partial charge is 0.496 e. The number of nitrogens with zero attached hydrogens (tertiary/aromatic N) is 1. The molecule has 0 spiro atoms. The Hall–Kier alpha value is -1.06. The number of benzene rings is 1. The summed E-state index contributed by atoms with van der Waals surface area (Å²) in [4.78, 5) is 2.48. The molecule has 0 bridgehead atoms. The average Bonchev–Trinajstić information content (AvgIpc) is 2.35. The van der Waals surface area contributed by atoms with Crippen molar-refractivity contribution in [1.29, 1.82) is 0 Å². The van der Waals surface area contributed by atoms with Crippen LogP contribution in [-0.2, 0) is 6.54 Å². The molecule has 1 fully saturated rings. The lowest BCUT2D eigenvalue weighted by Gasteiger charge is -2.28. The summed E-state index contributed by atoms with van der Waals surface area (Å²) in [6.07, 6.45) is 0. The van der Waals surface area contributed by atoms with Crippen LogP contribution < -0.4 is 10.1 Å². The van der Waals surface area contributed by atoms with Crippen molar-refractivity contribution in [1.82, 2.24) is 10.2 Å². The minimum Gasteiger partial charge on any atom is -0.496 e. The van der Waals surface area contributed by atoms with Crippen LogP contribution in [0.1, 0.15) is 16.7 Å². The summed E-state index contributed by atoms with van der Waals surface area (Å²) in [6.45, 7) is 9.71. The van der Waals surface area contributed by atoms with E-state index in [4.69, 9.17) is 4.74 Å². The van der Waals surface area contributed by atoms with E-state index >= 15 is 0 Å². The fourth-order valence-corrected chi connectivity index (χ4v) is 2.27. The third-order valence-electron chi connectivity index (χ3n) is 3.50. The van der Waals surface area contributed by atoms with Gasteiger partial charge in [0, 0.05) is 38.3 Å². The molecule has 17 heavy (non-hydrogen) atoms. The molecule has 1 aromatic carbocycles. The molecular weight excluding hydrogens is 212 g/mol. The highest BCUT2D eigenvalue weighted by molar-refractivity contribution is 5.41. The molecule has 0 saturated carbocycles. The quantitative estimate of drug-likeness (QED) is 0.862. The second kappa shape index (κ2) is 5.52. The Morgan fingerprint density at radius 3 is 2.47 bits per heavy atom. The zero-order chi connectivity index (χ0) is 12.3. The lowest BCUT2D eigenvalue weighted by atomic mass is 10.0. The Bertz CT molecular complexity index is 384. The van der Waals surface area contributed by atoms with Crippen molar-refractivity contribution in [3.8, 4) is 5.75 Å². The summed E-state index contributed by atoms with van der Waals surface area (Å²) in [7, 11) is 1.76. The number of nitrogens with one attached hydrogen (secondary N) is 1. The highest BCUT2D eigenvalue weighted by Crippen LogP contribution is 2.24. The smallest absolute Gasteiger partial charge is 0.123 e. The van der Waals surface area contributed by atoms with Crippen LogP contribution in [0.25, 0.3) is 0 Å². The third-order valence-corrected chi connectivity index (χ3v) is 3.50. The zero-order valence-electron chi connectivity index (χ0n) is 11.0. The van der Waals surface area contributed by atoms with Gasteiger partial charge in [0.25, 0.3) is 0 Å². The Balaban J connectivity index is 2.15. The highest BCUT2D eigenvalue weighted by atomic mass is 16.5. The van der Waals surface area contributed by atoms with Crippen LogP contribution in [0.2, 0.25) is 0 Å². The zero-order valence-corrected chi connectivity index (χ0v) is 11.0. The molecule has 1 N–H and O–H groups in total. The Kier molecular flexibility index (Phi) is 4.02. The first-order valence-electron chi connectivity index (χ1n) is 6.28. The maximum atomic E-state index is 5.48. The van der Waals surface area contributed by atoms with Gasteiger partial charge in [0.2, 0.25) is 0 Å².